The van der Waals surface area contributed by atoms with Gasteiger partial charge in [-0.1, -0.05) is 0 Å². The predicted octanol–water partition coefficient (Wildman–Crippen LogP) is 1.29. The number of hydrogen-bond acceptors (Lipinski definition) is 4. The van der Waals surface area contributed by atoms with E-state index >= 15 is 0 Å². The summed E-state index contributed by atoms with van der Waals surface area (Å²) in [5, 5.41) is 10.4. The highest BCUT2D eigenvalue weighted by atomic mass is 19.4. The highest BCUT2D eigenvalue weighted by molar-refractivity contribution is 5.73. The van der Waals surface area contributed by atoms with Gasteiger partial charge in [0.05, 0.1) is 5.52 Å². The van der Waals surface area contributed by atoms with Gasteiger partial charge in [0.25, 0.3) is 0 Å². The normalized spacial score (nSPS) is 15.8. The van der Waals surface area contributed by atoms with Crippen molar-refractivity contribution < 1.29 is 23.1 Å². The van der Waals surface area contributed by atoms with Crippen molar-refractivity contribution in [1.82, 2.24) is 19.4 Å². The Balaban J connectivity index is 0.000000256. The Morgan fingerprint density at radius 2 is 1.96 bits per heavy atom. The molecule has 0 unspecified atom stereocenters. The van der Waals surface area contributed by atoms with Gasteiger partial charge < -0.3 is 10.4 Å². The Hall–Kier alpha value is -2.36. The van der Waals surface area contributed by atoms with Gasteiger partial charge in [0.15, 0.2) is 5.65 Å². The monoisotopic (exact) mass is 346 g/mol. The fraction of sp³-hybridized carbons (Fsp3) is 0.500. The van der Waals surface area contributed by atoms with Gasteiger partial charge in [0, 0.05) is 19.3 Å². The van der Waals surface area contributed by atoms with Crippen molar-refractivity contribution in [2.24, 2.45) is 7.05 Å². The molecule has 3 heterocycles. The van der Waals surface area contributed by atoms with Gasteiger partial charge >= 0.3 is 17.8 Å². The Morgan fingerprint density at radius 3 is 2.50 bits per heavy atom. The van der Waals surface area contributed by atoms with E-state index in [4.69, 9.17) is 9.90 Å². The second kappa shape index (κ2) is 7.04. The number of nitrogens with zero attached hydrogens (tertiary/aromatic N) is 3. The molecule has 0 amide bonds. The van der Waals surface area contributed by atoms with Crippen molar-refractivity contribution >= 4 is 17.1 Å². The molecular formula is C14H17F3N4O3. The first-order chi connectivity index (χ1) is 11.2. The second-order valence-electron chi connectivity index (χ2n) is 5.34. The summed E-state index contributed by atoms with van der Waals surface area (Å²) < 4.78 is 35.3. The summed E-state index contributed by atoms with van der Waals surface area (Å²) in [4.78, 5) is 25.4. The lowest BCUT2D eigenvalue weighted by Gasteiger charge is -2.23. The van der Waals surface area contributed by atoms with Crippen LogP contribution in [0.15, 0.2) is 23.1 Å². The van der Waals surface area contributed by atoms with Crippen molar-refractivity contribution in [3.63, 3.8) is 0 Å². The minimum atomic E-state index is -5.08. The third-order valence-corrected chi connectivity index (χ3v) is 3.75. The summed E-state index contributed by atoms with van der Waals surface area (Å²) in [5.41, 5.74) is 1.77. The van der Waals surface area contributed by atoms with Gasteiger partial charge in [0.1, 0.15) is 0 Å². The van der Waals surface area contributed by atoms with E-state index in [1.54, 1.807) is 17.8 Å². The summed E-state index contributed by atoms with van der Waals surface area (Å²) in [7, 11) is 1.79. The Kier molecular flexibility index (Phi) is 5.27. The molecule has 1 aliphatic heterocycles. The first-order valence-electron chi connectivity index (χ1n) is 7.26. The molecule has 1 saturated heterocycles. The zero-order valence-corrected chi connectivity index (χ0v) is 12.9. The van der Waals surface area contributed by atoms with Crippen LogP contribution in [0.4, 0.5) is 13.2 Å². The van der Waals surface area contributed by atoms with E-state index in [1.807, 2.05) is 16.7 Å². The van der Waals surface area contributed by atoms with E-state index in [-0.39, 0.29) is 5.69 Å². The van der Waals surface area contributed by atoms with Gasteiger partial charge in [-0.3, -0.25) is 9.13 Å². The van der Waals surface area contributed by atoms with Gasteiger partial charge in [-0.15, -0.1) is 0 Å². The third kappa shape index (κ3) is 3.75. The lowest BCUT2D eigenvalue weighted by Crippen LogP contribution is -2.34. The molecule has 3 rings (SSSR count). The maximum absolute atomic E-state index is 12.3. The molecule has 7 nitrogen and oxygen atoms in total. The number of carbonyl (C=O) groups is 1. The zero-order chi connectivity index (χ0) is 17.9. The van der Waals surface area contributed by atoms with Crippen LogP contribution in [0.2, 0.25) is 0 Å². The first kappa shape index (κ1) is 18.0. The van der Waals surface area contributed by atoms with Crippen LogP contribution in [0.5, 0.6) is 0 Å². The molecular weight excluding hydrogens is 329 g/mol. The van der Waals surface area contributed by atoms with Crippen LogP contribution in [0.1, 0.15) is 18.9 Å². The Labute approximate surface area is 134 Å². The largest absolute Gasteiger partial charge is 0.490 e. The molecule has 0 aliphatic carbocycles. The highest BCUT2D eigenvalue weighted by Crippen LogP contribution is 2.21. The predicted molar refractivity (Wildman–Crippen MR) is 79.8 cm³/mol. The number of aromatic nitrogens is 3. The van der Waals surface area contributed by atoms with Crippen LogP contribution < -0.4 is 11.0 Å². The number of aryl methyl sites for hydroxylation is 1. The average Bonchev–Trinajstić information content (AvgIpc) is 2.80. The Bertz CT molecular complexity index is 776. The van der Waals surface area contributed by atoms with Gasteiger partial charge in [0.2, 0.25) is 0 Å². The fourth-order valence-electron chi connectivity index (χ4n) is 2.61. The van der Waals surface area contributed by atoms with E-state index in [1.165, 1.54) is 0 Å². The van der Waals surface area contributed by atoms with Crippen molar-refractivity contribution in [3.05, 3.63) is 28.8 Å². The number of fused-ring (bicyclic) bond motifs is 1. The molecule has 0 spiro atoms. The molecule has 132 valence electrons. The van der Waals surface area contributed by atoms with Crippen LogP contribution in [0, 0.1) is 0 Å². The fourth-order valence-corrected chi connectivity index (χ4v) is 2.61. The average molecular weight is 346 g/mol. The van der Waals surface area contributed by atoms with Crippen LogP contribution >= 0.6 is 0 Å². The molecule has 2 aromatic heterocycles. The number of halogens is 3. The molecule has 0 saturated carbocycles. The molecule has 1 aliphatic rings. The van der Waals surface area contributed by atoms with Crippen molar-refractivity contribution in [1.29, 1.82) is 0 Å². The quantitative estimate of drug-likeness (QED) is 0.812. The van der Waals surface area contributed by atoms with Crippen LogP contribution in [0.3, 0.4) is 0 Å². The van der Waals surface area contributed by atoms with Crippen molar-refractivity contribution in [2.45, 2.75) is 25.1 Å². The van der Waals surface area contributed by atoms with E-state index in [2.05, 4.69) is 10.3 Å². The molecule has 10 heteroatoms. The van der Waals surface area contributed by atoms with Crippen LogP contribution in [0.25, 0.3) is 11.2 Å². The van der Waals surface area contributed by atoms with Crippen LogP contribution in [-0.4, -0.2) is 44.5 Å². The summed E-state index contributed by atoms with van der Waals surface area (Å²) in [6.45, 7) is 1.96. The molecule has 24 heavy (non-hydrogen) atoms. The maximum atomic E-state index is 12.3. The van der Waals surface area contributed by atoms with E-state index < -0.39 is 12.1 Å². The zero-order valence-electron chi connectivity index (χ0n) is 12.9. The van der Waals surface area contributed by atoms with E-state index in [9.17, 15) is 18.0 Å². The minimum Gasteiger partial charge on any atom is -0.475 e. The number of alkyl halides is 3. The highest BCUT2D eigenvalue weighted by Gasteiger charge is 2.38. The van der Waals surface area contributed by atoms with E-state index in [0.29, 0.717) is 6.04 Å². The topological polar surface area (TPSA) is 89.2 Å². The lowest BCUT2D eigenvalue weighted by molar-refractivity contribution is -0.192. The summed E-state index contributed by atoms with van der Waals surface area (Å²) in [6.07, 6.45) is -1.34. The molecule has 0 aromatic carbocycles. The number of piperidine rings is 1. The number of carboxylic acids is 1. The van der Waals surface area contributed by atoms with Crippen molar-refractivity contribution in [3.8, 4) is 0 Å². The number of carboxylic acid groups (broad SMARTS) is 1. The summed E-state index contributed by atoms with van der Waals surface area (Å²) in [6, 6.07) is 4.17. The summed E-state index contributed by atoms with van der Waals surface area (Å²) >= 11 is 0. The SMILES string of the molecule is Cn1c(=O)n(C2CCNCC2)c2cccnc21.O=C(O)C(F)(F)F. The lowest BCUT2D eigenvalue weighted by atomic mass is 10.1. The molecule has 0 radical (unpaired) electrons. The molecule has 2 N–H and O–H groups in total. The molecule has 1 fully saturated rings. The standard InChI is InChI=1S/C12H16N4O.C2HF3O2/c1-15-11-10(3-2-6-14-11)16(12(15)17)9-4-7-13-8-5-9;3-2(4,5)1(6)7/h2-3,6,9,13H,4-5,7-8H2,1H3;(H,6,7). The van der Waals surface area contributed by atoms with Gasteiger partial charge in [-0.05, 0) is 38.1 Å². The number of rotatable bonds is 1. The molecule has 0 atom stereocenters. The number of hydrogen-bond donors (Lipinski definition) is 2. The number of nitrogens with one attached hydrogen (secondary N) is 1. The van der Waals surface area contributed by atoms with Crippen molar-refractivity contribution in [2.75, 3.05) is 13.1 Å². The van der Waals surface area contributed by atoms with Crippen LogP contribution in [-0.2, 0) is 11.8 Å². The number of aliphatic carboxylic acids is 1. The third-order valence-electron chi connectivity index (χ3n) is 3.75. The maximum Gasteiger partial charge on any atom is 0.490 e. The van der Waals surface area contributed by atoms with E-state index in [0.717, 1.165) is 37.1 Å². The Morgan fingerprint density at radius 1 is 1.38 bits per heavy atom. The molecule has 2 aromatic rings. The number of imidazole rings is 1. The smallest absolute Gasteiger partial charge is 0.475 e. The second-order valence-corrected chi connectivity index (χ2v) is 5.34. The number of pyridine rings is 1. The first-order valence-corrected chi connectivity index (χ1v) is 7.26. The molecule has 0 bridgehead atoms. The minimum absolute atomic E-state index is 0.0469. The van der Waals surface area contributed by atoms with Gasteiger partial charge in [-0.25, -0.2) is 14.6 Å². The summed E-state index contributed by atoms with van der Waals surface area (Å²) in [5.74, 6) is -2.76. The van der Waals surface area contributed by atoms with Gasteiger partial charge in [-0.2, -0.15) is 13.2 Å².